The highest BCUT2D eigenvalue weighted by atomic mass is 127. The van der Waals surface area contributed by atoms with Gasteiger partial charge in [0, 0.05) is 8.04 Å². The van der Waals surface area contributed by atoms with Crippen molar-refractivity contribution in [1.29, 1.82) is 0 Å². The van der Waals surface area contributed by atoms with Gasteiger partial charge in [0.05, 0.1) is 6.04 Å². The molecule has 1 atom stereocenters. The molecule has 2 aromatic carbocycles. The van der Waals surface area contributed by atoms with Crippen LogP contribution >= 0.6 is 38.5 Å². The summed E-state index contributed by atoms with van der Waals surface area (Å²) in [4.78, 5) is 0. The van der Waals surface area contributed by atoms with Gasteiger partial charge < -0.3 is 0 Å². The highest BCUT2D eigenvalue weighted by Crippen LogP contribution is 2.27. The average Bonchev–Trinajstić information content (AvgIpc) is 2.42. The lowest BCUT2D eigenvalue weighted by Crippen LogP contribution is -2.30. The summed E-state index contributed by atoms with van der Waals surface area (Å²) in [5.41, 5.74) is 5.96. The summed E-state index contributed by atoms with van der Waals surface area (Å²) in [6, 6.07) is 10.9. The zero-order valence-electron chi connectivity index (χ0n) is 11.0. The molecule has 0 saturated heterocycles. The Balaban J connectivity index is 2.33. The van der Waals surface area contributed by atoms with Gasteiger partial charge in [0.2, 0.25) is 0 Å². The Morgan fingerprint density at radius 2 is 2.05 bits per heavy atom. The Kier molecular flexibility index (Phi) is 5.54. The van der Waals surface area contributed by atoms with Crippen LogP contribution in [0.25, 0.3) is 0 Å². The van der Waals surface area contributed by atoms with Gasteiger partial charge in [-0.15, -0.1) is 0 Å². The summed E-state index contributed by atoms with van der Waals surface area (Å²) in [6.07, 6.45) is 0.645. The van der Waals surface area contributed by atoms with Crippen LogP contribution < -0.4 is 11.3 Å². The largest absolute Gasteiger partial charge is 0.271 e. The van der Waals surface area contributed by atoms with Crippen LogP contribution in [0.1, 0.15) is 22.7 Å². The maximum absolute atomic E-state index is 13.4. The van der Waals surface area contributed by atoms with Gasteiger partial charge in [-0.1, -0.05) is 22.0 Å². The van der Waals surface area contributed by atoms with Gasteiger partial charge in [0.15, 0.2) is 0 Å². The number of nitrogens with one attached hydrogen (secondary N) is 1. The first kappa shape index (κ1) is 15.9. The summed E-state index contributed by atoms with van der Waals surface area (Å²) >= 11 is 5.76. The summed E-state index contributed by atoms with van der Waals surface area (Å²) in [5.74, 6) is 5.48. The Bertz CT molecular complexity index is 619. The van der Waals surface area contributed by atoms with Crippen molar-refractivity contribution in [2.45, 2.75) is 19.4 Å². The van der Waals surface area contributed by atoms with E-state index in [0.29, 0.717) is 6.42 Å². The number of hydrazine groups is 1. The Hall–Kier alpha value is -0.500. The lowest BCUT2D eigenvalue weighted by Gasteiger charge is -2.19. The normalized spacial score (nSPS) is 12.4. The molecule has 0 saturated carbocycles. The van der Waals surface area contributed by atoms with Crippen LogP contribution in [0.2, 0.25) is 0 Å². The third kappa shape index (κ3) is 3.78. The van der Waals surface area contributed by atoms with Crippen LogP contribution in [0.4, 0.5) is 4.39 Å². The molecule has 1 unspecified atom stereocenters. The molecular formula is C15H15BrFIN2. The van der Waals surface area contributed by atoms with Gasteiger partial charge in [0.1, 0.15) is 5.82 Å². The molecule has 0 amide bonds. The van der Waals surface area contributed by atoms with Crippen molar-refractivity contribution >= 4 is 38.5 Å². The molecule has 0 aromatic heterocycles. The molecule has 0 aliphatic rings. The van der Waals surface area contributed by atoms with Crippen LogP contribution in [0.15, 0.2) is 40.9 Å². The minimum atomic E-state index is -0.217. The first-order valence-corrected chi connectivity index (χ1v) is 8.04. The van der Waals surface area contributed by atoms with Crippen molar-refractivity contribution < 1.29 is 4.39 Å². The van der Waals surface area contributed by atoms with Gasteiger partial charge in [-0.3, -0.25) is 11.3 Å². The number of aryl methyl sites for hydroxylation is 1. The van der Waals surface area contributed by atoms with Crippen molar-refractivity contribution in [2.75, 3.05) is 0 Å². The second-order valence-corrected chi connectivity index (χ2v) is 6.74. The fourth-order valence-corrected chi connectivity index (χ4v) is 3.21. The van der Waals surface area contributed by atoms with Crippen molar-refractivity contribution in [1.82, 2.24) is 5.43 Å². The maximum atomic E-state index is 13.4. The van der Waals surface area contributed by atoms with E-state index in [4.69, 9.17) is 5.84 Å². The molecule has 2 rings (SSSR count). The summed E-state index contributed by atoms with van der Waals surface area (Å²) in [6.45, 7) is 1.98. The number of benzene rings is 2. The topological polar surface area (TPSA) is 38.0 Å². The second-order valence-electron chi connectivity index (χ2n) is 4.66. The van der Waals surface area contributed by atoms with Gasteiger partial charge in [-0.25, -0.2) is 4.39 Å². The van der Waals surface area contributed by atoms with Crippen LogP contribution in [-0.2, 0) is 6.42 Å². The monoisotopic (exact) mass is 448 g/mol. The van der Waals surface area contributed by atoms with E-state index in [1.165, 1.54) is 6.07 Å². The molecule has 2 aromatic rings. The van der Waals surface area contributed by atoms with Gasteiger partial charge >= 0.3 is 0 Å². The number of hydrogen-bond donors (Lipinski definition) is 2. The number of nitrogens with two attached hydrogens (primary N) is 1. The van der Waals surface area contributed by atoms with E-state index < -0.39 is 0 Å². The zero-order chi connectivity index (χ0) is 14.7. The van der Waals surface area contributed by atoms with Gasteiger partial charge in [0.25, 0.3) is 0 Å². The van der Waals surface area contributed by atoms with E-state index in [1.54, 1.807) is 12.1 Å². The summed E-state index contributed by atoms with van der Waals surface area (Å²) in [5, 5.41) is 0. The van der Waals surface area contributed by atoms with Crippen molar-refractivity contribution in [3.8, 4) is 0 Å². The maximum Gasteiger partial charge on any atom is 0.123 e. The summed E-state index contributed by atoms with van der Waals surface area (Å²) < 4.78 is 15.5. The van der Waals surface area contributed by atoms with Gasteiger partial charge in [-0.2, -0.15) is 0 Å². The quantitative estimate of drug-likeness (QED) is 0.417. The second kappa shape index (κ2) is 6.98. The molecule has 0 bridgehead atoms. The molecule has 5 heteroatoms. The van der Waals surface area contributed by atoms with Crippen LogP contribution in [0.5, 0.6) is 0 Å². The minimum Gasteiger partial charge on any atom is -0.271 e. The SMILES string of the molecule is Cc1ccc(F)cc1CC(NN)c1cc(Br)ccc1I. The zero-order valence-corrected chi connectivity index (χ0v) is 14.7. The van der Waals surface area contributed by atoms with Crippen LogP contribution in [0, 0.1) is 16.3 Å². The number of hydrogen-bond acceptors (Lipinski definition) is 2. The van der Waals surface area contributed by atoms with Crippen molar-refractivity contribution in [2.24, 2.45) is 5.84 Å². The Morgan fingerprint density at radius 1 is 1.30 bits per heavy atom. The third-order valence-electron chi connectivity index (χ3n) is 3.27. The van der Waals surface area contributed by atoms with E-state index in [0.717, 1.165) is 24.7 Å². The first-order valence-electron chi connectivity index (χ1n) is 6.17. The summed E-state index contributed by atoms with van der Waals surface area (Å²) in [7, 11) is 0. The van der Waals surface area contributed by atoms with Crippen LogP contribution in [0.3, 0.4) is 0 Å². The molecule has 0 spiro atoms. The van der Waals surface area contributed by atoms with Crippen molar-refractivity contribution in [3.05, 3.63) is 66.9 Å². The van der Waals surface area contributed by atoms with E-state index >= 15 is 0 Å². The molecule has 0 aliphatic heterocycles. The number of halogens is 3. The first-order chi connectivity index (χ1) is 9.51. The van der Waals surface area contributed by atoms with E-state index in [2.05, 4.69) is 43.9 Å². The molecular weight excluding hydrogens is 434 g/mol. The van der Waals surface area contributed by atoms with Gasteiger partial charge in [-0.05, 0) is 83.0 Å². The Labute approximate surface area is 140 Å². The third-order valence-corrected chi connectivity index (χ3v) is 4.75. The molecule has 106 valence electrons. The van der Waals surface area contributed by atoms with E-state index in [1.807, 2.05) is 25.1 Å². The lowest BCUT2D eigenvalue weighted by atomic mass is 9.96. The number of rotatable bonds is 4. The molecule has 0 fully saturated rings. The highest BCUT2D eigenvalue weighted by molar-refractivity contribution is 14.1. The molecule has 0 aliphatic carbocycles. The predicted octanol–water partition coefficient (Wildman–Crippen LogP) is 4.25. The standard InChI is InChI=1S/C15H15BrFIN2/c1-9-2-4-12(17)6-10(9)7-15(20-19)13-8-11(16)3-5-14(13)18/h2-6,8,15,20H,7,19H2,1H3. The highest BCUT2D eigenvalue weighted by Gasteiger charge is 2.15. The van der Waals surface area contributed by atoms with Crippen LogP contribution in [-0.4, -0.2) is 0 Å². The van der Waals surface area contributed by atoms with E-state index in [-0.39, 0.29) is 11.9 Å². The molecule has 0 radical (unpaired) electrons. The molecule has 3 N–H and O–H groups in total. The average molecular weight is 449 g/mol. The molecule has 20 heavy (non-hydrogen) atoms. The van der Waals surface area contributed by atoms with Crippen molar-refractivity contribution in [3.63, 3.8) is 0 Å². The fourth-order valence-electron chi connectivity index (χ4n) is 2.12. The molecule has 0 heterocycles. The van der Waals surface area contributed by atoms with E-state index in [9.17, 15) is 4.39 Å². The lowest BCUT2D eigenvalue weighted by molar-refractivity contribution is 0.545. The predicted molar refractivity (Wildman–Crippen MR) is 91.8 cm³/mol. The molecule has 2 nitrogen and oxygen atoms in total. The minimum absolute atomic E-state index is 0.0556. The Morgan fingerprint density at radius 3 is 2.75 bits per heavy atom. The fraction of sp³-hybridized carbons (Fsp3) is 0.200. The smallest absolute Gasteiger partial charge is 0.123 e.